The fourth-order valence-electron chi connectivity index (χ4n) is 3.27. The Morgan fingerprint density at radius 3 is 2.48 bits per heavy atom. The lowest BCUT2D eigenvalue weighted by molar-refractivity contribution is 0.534. The highest BCUT2D eigenvalue weighted by Crippen LogP contribution is 2.22. The monoisotopic (exact) mass is 274 g/mol. The molecule has 0 amide bonds. The van der Waals surface area contributed by atoms with E-state index in [-0.39, 0.29) is 0 Å². The minimum atomic E-state index is 0.543. The van der Waals surface area contributed by atoms with Gasteiger partial charge in [0.1, 0.15) is 0 Å². The summed E-state index contributed by atoms with van der Waals surface area (Å²) in [5.74, 6) is 0. The van der Waals surface area contributed by atoms with Gasteiger partial charge < -0.3 is 5.32 Å². The minimum absolute atomic E-state index is 0.543. The van der Waals surface area contributed by atoms with Crippen molar-refractivity contribution in [2.24, 2.45) is 0 Å². The van der Waals surface area contributed by atoms with Gasteiger partial charge in [-0.25, -0.2) is 0 Å². The molecule has 0 saturated carbocycles. The van der Waals surface area contributed by atoms with Crippen molar-refractivity contribution < 1.29 is 0 Å². The molecule has 0 fully saturated rings. The Morgan fingerprint density at radius 2 is 1.67 bits per heavy atom. The topological polar surface area (TPSA) is 24.9 Å². The van der Waals surface area contributed by atoms with Gasteiger partial charge in [0.05, 0.1) is 5.52 Å². The number of fused-ring (bicyclic) bond motifs is 2. The van der Waals surface area contributed by atoms with E-state index in [1.807, 2.05) is 12.3 Å². The van der Waals surface area contributed by atoms with Crippen molar-refractivity contribution in [3.05, 3.63) is 77.5 Å². The quantitative estimate of drug-likeness (QED) is 0.791. The third-order valence-electron chi connectivity index (χ3n) is 4.35. The molecule has 1 N–H and O–H groups in total. The van der Waals surface area contributed by atoms with Gasteiger partial charge in [-0.15, -0.1) is 0 Å². The first kappa shape index (κ1) is 12.5. The second-order valence-electron chi connectivity index (χ2n) is 5.75. The van der Waals surface area contributed by atoms with Crippen LogP contribution in [-0.4, -0.2) is 11.0 Å². The largest absolute Gasteiger partial charge is 0.309 e. The number of nitrogens with one attached hydrogen (secondary N) is 1. The van der Waals surface area contributed by atoms with Crippen LogP contribution >= 0.6 is 0 Å². The van der Waals surface area contributed by atoms with Crippen LogP contribution in [0.25, 0.3) is 10.9 Å². The van der Waals surface area contributed by atoms with E-state index < -0.39 is 0 Å². The molecule has 0 spiro atoms. The predicted molar refractivity (Wildman–Crippen MR) is 86.2 cm³/mol. The molecule has 1 aliphatic carbocycles. The molecule has 0 atom stereocenters. The Bertz CT molecular complexity index is 749. The molecule has 3 aromatic rings. The zero-order valence-corrected chi connectivity index (χ0v) is 11.9. The number of aromatic nitrogens is 1. The Labute approximate surface area is 124 Å². The van der Waals surface area contributed by atoms with Crippen LogP contribution in [0.3, 0.4) is 0 Å². The average Bonchev–Trinajstić information content (AvgIpc) is 2.96. The summed E-state index contributed by atoms with van der Waals surface area (Å²) in [7, 11) is 0. The summed E-state index contributed by atoms with van der Waals surface area (Å²) < 4.78 is 0. The fraction of sp³-hybridized carbons (Fsp3) is 0.211. The average molecular weight is 274 g/mol. The molecule has 21 heavy (non-hydrogen) atoms. The van der Waals surface area contributed by atoms with Crippen molar-refractivity contribution >= 4 is 10.9 Å². The zero-order chi connectivity index (χ0) is 14.1. The number of nitrogens with zero attached hydrogens (tertiary/aromatic N) is 1. The number of hydrogen-bond acceptors (Lipinski definition) is 2. The Balaban J connectivity index is 1.50. The number of hydrogen-bond donors (Lipinski definition) is 1. The van der Waals surface area contributed by atoms with Crippen molar-refractivity contribution in [3.8, 4) is 0 Å². The molecule has 0 saturated heterocycles. The van der Waals surface area contributed by atoms with Crippen LogP contribution in [0.1, 0.15) is 16.7 Å². The second kappa shape index (κ2) is 5.30. The second-order valence-corrected chi connectivity index (χ2v) is 5.75. The first-order valence-corrected chi connectivity index (χ1v) is 7.53. The van der Waals surface area contributed by atoms with Crippen LogP contribution in [-0.2, 0) is 19.4 Å². The van der Waals surface area contributed by atoms with Crippen molar-refractivity contribution in [3.63, 3.8) is 0 Å². The van der Waals surface area contributed by atoms with Gasteiger partial charge in [0.25, 0.3) is 0 Å². The van der Waals surface area contributed by atoms with Crippen LogP contribution < -0.4 is 5.32 Å². The van der Waals surface area contributed by atoms with E-state index in [0.717, 1.165) is 24.9 Å². The zero-order valence-electron chi connectivity index (χ0n) is 11.9. The summed E-state index contributed by atoms with van der Waals surface area (Å²) in [6, 6.07) is 19.8. The number of benzene rings is 2. The molecule has 1 aromatic heterocycles. The predicted octanol–water partition coefficient (Wildman–Crippen LogP) is 3.49. The van der Waals surface area contributed by atoms with Gasteiger partial charge in [0.15, 0.2) is 0 Å². The summed E-state index contributed by atoms with van der Waals surface area (Å²) in [6.07, 6.45) is 4.14. The number of para-hydroxylation sites is 1. The van der Waals surface area contributed by atoms with Crippen molar-refractivity contribution in [1.82, 2.24) is 10.3 Å². The highest BCUT2D eigenvalue weighted by atomic mass is 14.9. The van der Waals surface area contributed by atoms with Crippen LogP contribution in [0, 0.1) is 0 Å². The van der Waals surface area contributed by atoms with Crippen molar-refractivity contribution in [2.75, 3.05) is 0 Å². The third kappa shape index (κ3) is 2.43. The lowest BCUT2D eigenvalue weighted by Crippen LogP contribution is -2.29. The molecule has 2 heteroatoms. The Hall–Kier alpha value is -2.19. The first-order valence-electron chi connectivity index (χ1n) is 7.53. The first-order chi connectivity index (χ1) is 10.4. The third-order valence-corrected chi connectivity index (χ3v) is 4.35. The molecule has 1 aliphatic rings. The van der Waals surface area contributed by atoms with E-state index >= 15 is 0 Å². The molecule has 1 heterocycles. The molecule has 4 rings (SSSR count). The Kier molecular flexibility index (Phi) is 3.17. The van der Waals surface area contributed by atoms with E-state index in [1.165, 1.54) is 22.1 Å². The lowest BCUT2D eigenvalue weighted by atomic mass is 10.1. The SMILES string of the molecule is c1ccc2c(c1)CC(NCc1cccc3cccnc13)C2. The van der Waals surface area contributed by atoms with E-state index in [9.17, 15) is 0 Å². The highest BCUT2D eigenvalue weighted by Gasteiger charge is 2.20. The molecular weight excluding hydrogens is 256 g/mol. The van der Waals surface area contributed by atoms with E-state index in [1.54, 1.807) is 0 Å². The van der Waals surface area contributed by atoms with Crippen LogP contribution in [0.15, 0.2) is 60.8 Å². The maximum atomic E-state index is 4.53. The lowest BCUT2D eigenvalue weighted by Gasteiger charge is -2.13. The maximum Gasteiger partial charge on any atom is 0.0746 e. The van der Waals surface area contributed by atoms with Gasteiger partial charge in [0.2, 0.25) is 0 Å². The van der Waals surface area contributed by atoms with E-state index in [4.69, 9.17) is 0 Å². The molecule has 2 nitrogen and oxygen atoms in total. The maximum absolute atomic E-state index is 4.53. The normalized spacial score (nSPS) is 14.5. The highest BCUT2D eigenvalue weighted by molar-refractivity contribution is 5.81. The summed E-state index contributed by atoms with van der Waals surface area (Å²) >= 11 is 0. The van der Waals surface area contributed by atoms with E-state index in [0.29, 0.717) is 6.04 Å². The van der Waals surface area contributed by atoms with Gasteiger partial charge in [-0.2, -0.15) is 0 Å². The van der Waals surface area contributed by atoms with Crippen molar-refractivity contribution in [2.45, 2.75) is 25.4 Å². The van der Waals surface area contributed by atoms with E-state index in [2.05, 4.69) is 58.8 Å². The van der Waals surface area contributed by atoms with Gasteiger partial charge in [-0.3, -0.25) is 4.98 Å². The van der Waals surface area contributed by atoms with Gasteiger partial charge >= 0.3 is 0 Å². The smallest absolute Gasteiger partial charge is 0.0746 e. The molecule has 0 aliphatic heterocycles. The van der Waals surface area contributed by atoms with Gasteiger partial charge in [0, 0.05) is 24.2 Å². The molecule has 104 valence electrons. The molecule has 2 aromatic carbocycles. The van der Waals surface area contributed by atoms with Crippen LogP contribution in [0.4, 0.5) is 0 Å². The van der Waals surface area contributed by atoms with Crippen LogP contribution in [0.5, 0.6) is 0 Å². The van der Waals surface area contributed by atoms with Crippen LogP contribution in [0.2, 0.25) is 0 Å². The van der Waals surface area contributed by atoms with Gasteiger partial charge in [-0.05, 0) is 35.6 Å². The summed E-state index contributed by atoms with van der Waals surface area (Å²) in [6.45, 7) is 0.882. The standard InChI is InChI=1S/C19H18N2/c1-2-6-16-12-18(11-15(16)5-1)21-13-17-8-3-7-14-9-4-10-20-19(14)17/h1-10,18,21H,11-13H2. The summed E-state index contributed by atoms with van der Waals surface area (Å²) in [4.78, 5) is 4.53. The molecule has 0 radical (unpaired) electrons. The molecule has 0 unspecified atom stereocenters. The number of rotatable bonds is 3. The number of pyridine rings is 1. The molecular formula is C19H18N2. The fourth-order valence-corrected chi connectivity index (χ4v) is 3.27. The van der Waals surface area contributed by atoms with Crippen molar-refractivity contribution in [1.29, 1.82) is 0 Å². The Morgan fingerprint density at radius 1 is 0.905 bits per heavy atom. The molecule has 0 bridgehead atoms. The minimum Gasteiger partial charge on any atom is -0.309 e. The summed E-state index contributed by atoms with van der Waals surface area (Å²) in [5.41, 5.74) is 5.38. The summed E-state index contributed by atoms with van der Waals surface area (Å²) in [5, 5.41) is 4.91. The van der Waals surface area contributed by atoms with Gasteiger partial charge in [-0.1, -0.05) is 48.5 Å².